The summed E-state index contributed by atoms with van der Waals surface area (Å²) < 4.78 is 4.83. The fourth-order valence-electron chi connectivity index (χ4n) is 1.35. The van der Waals surface area contributed by atoms with E-state index in [1.165, 1.54) is 0 Å². The highest BCUT2D eigenvalue weighted by Crippen LogP contribution is 2.08. The van der Waals surface area contributed by atoms with Crippen molar-refractivity contribution in [3.63, 3.8) is 0 Å². The van der Waals surface area contributed by atoms with Crippen LogP contribution in [0.4, 0.5) is 0 Å². The van der Waals surface area contributed by atoms with Crippen molar-refractivity contribution in [1.29, 1.82) is 0 Å². The summed E-state index contributed by atoms with van der Waals surface area (Å²) in [5.41, 5.74) is 6.55. The molecule has 5 heteroatoms. The van der Waals surface area contributed by atoms with E-state index in [0.717, 1.165) is 11.4 Å². The minimum atomic E-state index is -0.650. The first kappa shape index (κ1) is 13.6. The Morgan fingerprint density at radius 3 is 2.47 bits per heavy atom. The number of hydrogen-bond donors (Lipinski definition) is 1. The van der Waals surface area contributed by atoms with Gasteiger partial charge in [-0.1, -0.05) is 13.8 Å². The van der Waals surface area contributed by atoms with Crippen LogP contribution in [0.1, 0.15) is 38.1 Å². The van der Waals surface area contributed by atoms with Gasteiger partial charge in [-0.25, -0.2) is 9.97 Å². The second kappa shape index (κ2) is 6.30. The fraction of sp³-hybridized carbons (Fsp3) is 0.583. The zero-order valence-corrected chi connectivity index (χ0v) is 10.5. The Balaban J connectivity index is 2.60. The average Bonchev–Trinajstić information content (AvgIpc) is 2.30. The van der Waals surface area contributed by atoms with E-state index >= 15 is 0 Å². The SMILES string of the molecule is CCOC(=O)C(N)Cc1cnc(C(C)C)nc1. The average molecular weight is 237 g/mol. The Bertz CT molecular complexity index is 363. The lowest BCUT2D eigenvalue weighted by atomic mass is 10.1. The maximum Gasteiger partial charge on any atom is 0.323 e. The Morgan fingerprint density at radius 1 is 1.41 bits per heavy atom. The van der Waals surface area contributed by atoms with Gasteiger partial charge < -0.3 is 10.5 Å². The van der Waals surface area contributed by atoms with Crippen molar-refractivity contribution >= 4 is 5.97 Å². The van der Waals surface area contributed by atoms with E-state index in [4.69, 9.17) is 10.5 Å². The van der Waals surface area contributed by atoms with Crippen LogP contribution in [0.15, 0.2) is 12.4 Å². The first-order chi connectivity index (χ1) is 8.04. The molecule has 0 saturated heterocycles. The molecule has 0 aliphatic carbocycles. The lowest BCUT2D eigenvalue weighted by molar-refractivity contribution is -0.144. The lowest BCUT2D eigenvalue weighted by Gasteiger charge is -2.10. The molecule has 0 aromatic carbocycles. The summed E-state index contributed by atoms with van der Waals surface area (Å²) in [7, 11) is 0. The quantitative estimate of drug-likeness (QED) is 0.774. The van der Waals surface area contributed by atoms with Gasteiger partial charge in [0, 0.05) is 24.7 Å². The molecule has 1 unspecified atom stereocenters. The second-order valence-corrected chi connectivity index (χ2v) is 4.17. The van der Waals surface area contributed by atoms with E-state index in [1.807, 2.05) is 13.8 Å². The summed E-state index contributed by atoms with van der Waals surface area (Å²) in [6.07, 6.45) is 3.82. The van der Waals surface area contributed by atoms with Crippen molar-refractivity contribution in [2.24, 2.45) is 5.73 Å². The van der Waals surface area contributed by atoms with E-state index in [2.05, 4.69) is 9.97 Å². The first-order valence-electron chi connectivity index (χ1n) is 5.77. The van der Waals surface area contributed by atoms with Crippen LogP contribution >= 0.6 is 0 Å². The number of aromatic nitrogens is 2. The van der Waals surface area contributed by atoms with E-state index in [1.54, 1.807) is 19.3 Å². The molecule has 1 atom stereocenters. The topological polar surface area (TPSA) is 78.1 Å². The molecule has 0 bridgehead atoms. The van der Waals surface area contributed by atoms with Crippen LogP contribution in [-0.4, -0.2) is 28.6 Å². The monoisotopic (exact) mass is 237 g/mol. The van der Waals surface area contributed by atoms with Crippen molar-refractivity contribution in [1.82, 2.24) is 9.97 Å². The molecular weight excluding hydrogens is 218 g/mol. The van der Waals surface area contributed by atoms with E-state index in [-0.39, 0.29) is 5.97 Å². The van der Waals surface area contributed by atoms with Gasteiger partial charge in [0.05, 0.1) is 6.61 Å². The van der Waals surface area contributed by atoms with Crippen LogP contribution in [0, 0.1) is 0 Å². The number of rotatable bonds is 5. The van der Waals surface area contributed by atoms with Crippen molar-refractivity contribution in [2.45, 2.75) is 39.2 Å². The third-order valence-electron chi connectivity index (χ3n) is 2.29. The number of nitrogens with zero attached hydrogens (tertiary/aromatic N) is 2. The Labute approximate surface area is 101 Å². The molecule has 5 nitrogen and oxygen atoms in total. The summed E-state index contributed by atoms with van der Waals surface area (Å²) in [6.45, 7) is 6.15. The predicted molar refractivity (Wildman–Crippen MR) is 64.4 cm³/mol. The first-order valence-corrected chi connectivity index (χ1v) is 5.77. The summed E-state index contributed by atoms with van der Waals surface area (Å²) >= 11 is 0. The zero-order valence-electron chi connectivity index (χ0n) is 10.5. The molecule has 1 aromatic heterocycles. The third kappa shape index (κ3) is 4.11. The molecule has 1 heterocycles. The molecule has 0 spiro atoms. The molecular formula is C12H19N3O2. The summed E-state index contributed by atoms with van der Waals surface area (Å²) in [5.74, 6) is 0.696. The third-order valence-corrected chi connectivity index (χ3v) is 2.29. The highest BCUT2D eigenvalue weighted by Gasteiger charge is 2.15. The van der Waals surface area contributed by atoms with Crippen LogP contribution in [0.3, 0.4) is 0 Å². The zero-order chi connectivity index (χ0) is 12.8. The number of hydrogen-bond acceptors (Lipinski definition) is 5. The molecule has 0 amide bonds. The molecule has 0 aliphatic heterocycles. The van der Waals surface area contributed by atoms with Crippen LogP contribution < -0.4 is 5.73 Å². The van der Waals surface area contributed by atoms with Gasteiger partial charge in [0.2, 0.25) is 0 Å². The molecule has 0 saturated carbocycles. The Kier molecular flexibility index (Phi) is 5.03. The smallest absolute Gasteiger partial charge is 0.323 e. The molecule has 94 valence electrons. The van der Waals surface area contributed by atoms with Gasteiger partial charge in [0.1, 0.15) is 11.9 Å². The number of carbonyl (C=O) groups excluding carboxylic acids is 1. The molecule has 0 radical (unpaired) electrons. The lowest BCUT2D eigenvalue weighted by Crippen LogP contribution is -2.34. The molecule has 0 fully saturated rings. The molecule has 1 rings (SSSR count). The van der Waals surface area contributed by atoms with Gasteiger partial charge in [-0.15, -0.1) is 0 Å². The second-order valence-electron chi connectivity index (χ2n) is 4.17. The van der Waals surface area contributed by atoms with Gasteiger partial charge in [-0.2, -0.15) is 0 Å². The largest absolute Gasteiger partial charge is 0.465 e. The summed E-state index contributed by atoms with van der Waals surface area (Å²) in [4.78, 5) is 19.8. The van der Waals surface area contributed by atoms with E-state index < -0.39 is 6.04 Å². The highest BCUT2D eigenvalue weighted by atomic mass is 16.5. The molecule has 17 heavy (non-hydrogen) atoms. The molecule has 0 aliphatic rings. The molecule has 2 N–H and O–H groups in total. The van der Waals surface area contributed by atoms with Crippen LogP contribution in [0.2, 0.25) is 0 Å². The van der Waals surface area contributed by atoms with Crippen molar-refractivity contribution in [3.8, 4) is 0 Å². The number of nitrogens with two attached hydrogens (primary N) is 1. The highest BCUT2D eigenvalue weighted by molar-refractivity contribution is 5.75. The van der Waals surface area contributed by atoms with Gasteiger partial charge >= 0.3 is 5.97 Å². The van der Waals surface area contributed by atoms with Crippen molar-refractivity contribution < 1.29 is 9.53 Å². The Hall–Kier alpha value is -1.49. The van der Waals surface area contributed by atoms with Gasteiger partial charge in [0.15, 0.2) is 0 Å². The normalized spacial score (nSPS) is 12.5. The minimum absolute atomic E-state index is 0.294. The van der Waals surface area contributed by atoms with Gasteiger partial charge in [-0.3, -0.25) is 4.79 Å². The van der Waals surface area contributed by atoms with E-state index in [0.29, 0.717) is 18.9 Å². The van der Waals surface area contributed by atoms with Crippen molar-refractivity contribution in [2.75, 3.05) is 6.61 Å². The summed E-state index contributed by atoms with van der Waals surface area (Å²) in [5, 5.41) is 0. The Morgan fingerprint density at radius 2 is 2.00 bits per heavy atom. The minimum Gasteiger partial charge on any atom is -0.465 e. The standard InChI is InChI=1S/C12H19N3O2/c1-4-17-12(16)10(13)5-9-6-14-11(8(2)3)15-7-9/h6-8,10H,4-5,13H2,1-3H3. The predicted octanol–water partition coefficient (Wildman–Crippen LogP) is 1.03. The number of ether oxygens (including phenoxy) is 1. The van der Waals surface area contributed by atoms with Crippen molar-refractivity contribution in [3.05, 3.63) is 23.8 Å². The maximum absolute atomic E-state index is 11.3. The van der Waals surface area contributed by atoms with E-state index in [9.17, 15) is 4.79 Å². The van der Waals surface area contributed by atoms with Gasteiger partial charge in [0.25, 0.3) is 0 Å². The number of carbonyl (C=O) groups is 1. The maximum atomic E-state index is 11.3. The van der Waals surface area contributed by atoms with Crippen LogP contribution in [0.5, 0.6) is 0 Å². The van der Waals surface area contributed by atoms with Gasteiger partial charge in [-0.05, 0) is 12.5 Å². The van der Waals surface area contributed by atoms with Crippen LogP contribution in [-0.2, 0) is 16.0 Å². The number of esters is 1. The molecule has 1 aromatic rings. The fourth-order valence-corrected chi connectivity index (χ4v) is 1.35. The summed E-state index contributed by atoms with van der Waals surface area (Å²) in [6, 6.07) is -0.650. The van der Waals surface area contributed by atoms with Crippen LogP contribution in [0.25, 0.3) is 0 Å².